The van der Waals surface area contributed by atoms with E-state index in [4.69, 9.17) is 4.42 Å². The van der Waals surface area contributed by atoms with E-state index < -0.39 is 0 Å². The number of hydrogen-bond acceptors (Lipinski definition) is 5. The second-order valence-corrected chi connectivity index (χ2v) is 7.03. The number of rotatable bonds is 5. The number of amides is 1. The van der Waals surface area contributed by atoms with Crippen molar-refractivity contribution in [2.24, 2.45) is 0 Å². The van der Waals surface area contributed by atoms with E-state index in [2.05, 4.69) is 9.88 Å². The molecular weight excluding hydrogens is 346 g/mol. The molecule has 0 aromatic carbocycles. The van der Waals surface area contributed by atoms with Crippen molar-refractivity contribution in [2.75, 3.05) is 26.2 Å². The van der Waals surface area contributed by atoms with Gasteiger partial charge in [0.15, 0.2) is 17.3 Å². The Bertz CT molecular complexity index is 858. The van der Waals surface area contributed by atoms with Gasteiger partial charge in [0.25, 0.3) is 5.91 Å². The summed E-state index contributed by atoms with van der Waals surface area (Å²) in [5.74, 6) is 0.134. The number of nitrogens with zero attached hydrogens (tertiary/aromatic N) is 2. The van der Waals surface area contributed by atoms with Crippen molar-refractivity contribution in [1.29, 1.82) is 0 Å². The number of furan rings is 1. The van der Waals surface area contributed by atoms with E-state index in [1.165, 1.54) is 13.2 Å². The summed E-state index contributed by atoms with van der Waals surface area (Å²) in [6, 6.07) is 3.02. The van der Waals surface area contributed by atoms with Gasteiger partial charge >= 0.3 is 0 Å². The first-order valence-electron chi connectivity index (χ1n) is 9.12. The van der Waals surface area contributed by atoms with E-state index >= 15 is 0 Å². The van der Waals surface area contributed by atoms with Gasteiger partial charge in [-0.3, -0.25) is 19.3 Å². The topological polar surface area (TPSA) is 86.6 Å². The number of hydrogen-bond donors (Lipinski definition) is 1. The molecule has 27 heavy (non-hydrogen) atoms. The summed E-state index contributed by atoms with van der Waals surface area (Å²) in [5, 5.41) is 0. The average molecular weight is 371 g/mol. The molecule has 0 unspecified atom stereocenters. The first kappa shape index (κ1) is 19.1. The van der Waals surface area contributed by atoms with Crippen LogP contribution < -0.4 is 0 Å². The summed E-state index contributed by atoms with van der Waals surface area (Å²) in [5.41, 5.74) is 2.53. The van der Waals surface area contributed by atoms with Gasteiger partial charge in [-0.25, -0.2) is 0 Å². The maximum absolute atomic E-state index is 13.0. The summed E-state index contributed by atoms with van der Waals surface area (Å²) in [6.07, 6.45) is 1.49. The lowest BCUT2D eigenvalue weighted by atomic mass is 10.0. The van der Waals surface area contributed by atoms with Gasteiger partial charge < -0.3 is 14.3 Å². The summed E-state index contributed by atoms with van der Waals surface area (Å²) >= 11 is 0. The predicted octanol–water partition coefficient (Wildman–Crippen LogP) is 2.46. The minimum atomic E-state index is -0.331. The summed E-state index contributed by atoms with van der Waals surface area (Å²) in [7, 11) is 0. The Labute approximate surface area is 158 Å². The molecule has 0 spiro atoms. The van der Waals surface area contributed by atoms with Crippen LogP contribution in [0.2, 0.25) is 0 Å². The molecule has 3 heterocycles. The monoisotopic (exact) mass is 371 g/mol. The van der Waals surface area contributed by atoms with Gasteiger partial charge in [-0.2, -0.15) is 0 Å². The molecule has 0 bridgehead atoms. The van der Waals surface area contributed by atoms with Crippen LogP contribution in [0.3, 0.4) is 0 Å². The molecule has 3 rings (SSSR count). The highest BCUT2D eigenvalue weighted by Gasteiger charge is 2.31. The average Bonchev–Trinajstić information content (AvgIpc) is 3.28. The quantitative estimate of drug-likeness (QED) is 0.816. The fourth-order valence-electron chi connectivity index (χ4n) is 3.77. The number of carbonyl (C=O) groups excluding carboxylic acids is 3. The van der Waals surface area contributed by atoms with Crippen LogP contribution in [-0.2, 0) is 0 Å². The molecule has 1 aliphatic rings. The standard InChI is InChI=1S/C20H25N3O4/c1-12-17(15(4)24)13(2)21-18(12)19(25)14(3)22-7-9-23(10-8-22)20(26)16-6-5-11-27-16/h5-6,11,14,21H,7-10H2,1-4H3/t14-/m0/s1. The minimum Gasteiger partial charge on any atom is -0.459 e. The van der Waals surface area contributed by atoms with Crippen LogP contribution in [0, 0.1) is 13.8 Å². The second-order valence-electron chi connectivity index (χ2n) is 7.03. The number of H-pyrrole nitrogens is 1. The Morgan fingerprint density at radius 1 is 1.15 bits per heavy atom. The van der Waals surface area contributed by atoms with Crippen molar-refractivity contribution in [3.63, 3.8) is 0 Å². The normalized spacial score (nSPS) is 16.4. The Kier molecular flexibility index (Phi) is 5.32. The number of aryl methyl sites for hydroxylation is 1. The molecule has 144 valence electrons. The number of aromatic nitrogens is 1. The maximum atomic E-state index is 13.0. The number of ketones is 2. The molecule has 2 aromatic rings. The molecule has 2 aromatic heterocycles. The van der Waals surface area contributed by atoms with E-state index in [-0.39, 0.29) is 23.5 Å². The molecule has 1 saturated heterocycles. The lowest BCUT2D eigenvalue weighted by Crippen LogP contribution is -2.53. The zero-order valence-electron chi connectivity index (χ0n) is 16.2. The van der Waals surface area contributed by atoms with E-state index in [0.29, 0.717) is 48.8 Å². The Hall–Kier alpha value is -2.67. The van der Waals surface area contributed by atoms with Crippen molar-refractivity contribution in [1.82, 2.24) is 14.8 Å². The highest BCUT2D eigenvalue weighted by Crippen LogP contribution is 2.21. The summed E-state index contributed by atoms with van der Waals surface area (Å²) in [4.78, 5) is 44.0. The largest absolute Gasteiger partial charge is 0.459 e. The number of nitrogens with one attached hydrogen (secondary N) is 1. The highest BCUT2D eigenvalue weighted by molar-refractivity contribution is 6.05. The molecule has 1 aliphatic heterocycles. The number of aromatic amines is 1. The third-order valence-corrected chi connectivity index (χ3v) is 5.30. The van der Waals surface area contributed by atoms with Crippen LogP contribution in [-0.4, -0.2) is 64.5 Å². The van der Waals surface area contributed by atoms with Crippen LogP contribution in [0.4, 0.5) is 0 Å². The van der Waals surface area contributed by atoms with Crippen molar-refractivity contribution >= 4 is 17.5 Å². The van der Waals surface area contributed by atoms with Crippen LogP contribution in [0.25, 0.3) is 0 Å². The lowest BCUT2D eigenvalue weighted by Gasteiger charge is -2.37. The van der Waals surface area contributed by atoms with Crippen molar-refractivity contribution in [3.05, 3.63) is 46.7 Å². The van der Waals surface area contributed by atoms with Crippen LogP contribution in [0.1, 0.15) is 56.5 Å². The van der Waals surface area contributed by atoms with Crippen molar-refractivity contribution < 1.29 is 18.8 Å². The second kappa shape index (κ2) is 7.52. The van der Waals surface area contributed by atoms with Gasteiger partial charge in [0.1, 0.15) is 0 Å². The highest BCUT2D eigenvalue weighted by atomic mass is 16.3. The van der Waals surface area contributed by atoms with E-state index in [1.54, 1.807) is 24.0 Å². The molecule has 7 heteroatoms. The molecule has 1 fully saturated rings. The van der Waals surface area contributed by atoms with Crippen LogP contribution in [0.15, 0.2) is 22.8 Å². The molecule has 0 aliphatic carbocycles. The zero-order chi connectivity index (χ0) is 19.7. The molecule has 1 amide bonds. The molecule has 1 atom stereocenters. The van der Waals surface area contributed by atoms with E-state index in [9.17, 15) is 14.4 Å². The van der Waals surface area contributed by atoms with Gasteiger partial charge in [0, 0.05) is 37.4 Å². The Morgan fingerprint density at radius 3 is 2.33 bits per heavy atom. The van der Waals surface area contributed by atoms with Gasteiger partial charge in [0.05, 0.1) is 18.0 Å². The van der Waals surface area contributed by atoms with Gasteiger partial charge in [-0.05, 0) is 45.4 Å². The molecule has 7 nitrogen and oxygen atoms in total. The Morgan fingerprint density at radius 2 is 1.81 bits per heavy atom. The maximum Gasteiger partial charge on any atom is 0.289 e. The first-order chi connectivity index (χ1) is 12.8. The number of carbonyl (C=O) groups is 3. The fourth-order valence-corrected chi connectivity index (χ4v) is 3.77. The molecule has 0 saturated carbocycles. The van der Waals surface area contributed by atoms with Gasteiger partial charge in [-0.15, -0.1) is 0 Å². The zero-order valence-corrected chi connectivity index (χ0v) is 16.2. The van der Waals surface area contributed by atoms with Gasteiger partial charge in [-0.1, -0.05) is 0 Å². The Balaban J connectivity index is 1.66. The summed E-state index contributed by atoms with van der Waals surface area (Å²) in [6.45, 7) is 9.29. The summed E-state index contributed by atoms with van der Waals surface area (Å²) < 4.78 is 5.17. The third kappa shape index (κ3) is 3.60. The minimum absolute atomic E-state index is 0.0334. The lowest BCUT2D eigenvalue weighted by molar-refractivity contribution is 0.0527. The number of Topliss-reactive ketones (excluding diaryl/α,β-unsaturated/α-hetero) is 2. The van der Waals surface area contributed by atoms with E-state index in [0.717, 1.165) is 5.69 Å². The van der Waals surface area contributed by atoms with Gasteiger partial charge in [0.2, 0.25) is 0 Å². The fraction of sp³-hybridized carbons (Fsp3) is 0.450. The third-order valence-electron chi connectivity index (χ3n) is 5.30. The molecule has 0 radical (unpaired) electrons. The molecule has 1 N–H and O–H groups in total. The van der Waals surface area contributed by atoms with Crippen LogP contribution in [0.5, 0.6) is 0 Å². The predicted molar refractivity (Wildman–Crippen MR) is 100 cm³/mol. The molecular formula is C20H25N3O4. The smallest absolute Gasteiger partial charge is 0.289 e. The van der Waals surface area contributed by atoms with Crippen molar-refractivity contribution in [3.8, 4) is 0 Å². The first-order valence-corrected chi connectivity index (χ1v) is 9.12. The van der Waals surface area contributed by atoms with Crippen LogP contribution >= 0.6 is 0 Å². The van der Waals surface area contributed by atoms with E-state index in [1.807, 2.05) is 13.8 Å². The SMILES string of the molecule is CC(=O)c1c(C)[nH]c(C(=O)[C@H](C)N2CCN(C(=O)c3ccco3)CC2)c1C. The van der Waals surface area contributed by atoms with Crippen molar-refractivity contribution in [2.45, 2.75) is 33.7 Å². The number of piperazine rings is 1.